The van der Waals surface area contributed by atoms with Crippen molar-refractivity contribution >= 4 is 50.3 Å². The molecule has 6 heteroatoms. The lowest BCUT2D eigenvalue weighted by Crippen LogP contribution is -2.30. The van der Waals surface area contributed by atoms with Gasteiger partial charge in [-0.15, -0.1) is 11.8 Å². The second kappa shape index (κ2) is 5.58. The maximum Gasteiger partial charge on any atom is 0.327 e. The van der Waals surface area contributed by atoms with Crippen molar-refractivity contribution in [2.45, 2.75) is 29.8 Å². The van der Waals surface area contributed by atoms with E-state index in [-0.39, 0.29) is 5.56 Å². The van der Waals surface area contributed by atoms with E-state index in [0.717, 1.165) is 50.5 Å². The van der Waals surface area contributed by atoms with Gasteiger partial charge in [-0.3, -0.25) is 9.36 Å². The highest BCUT2D eigenvalue weighted by Gasteiger charge is 2.38. The Morgan fingerprint density at radius 1 is 1.11 bits per heavy atom. The number of rotatable bonds is 2. The van der Waals surface area contributed by atoms with Gasteiger partial charge in [-0.05, 0) is 47.2 Å². The highest BCUT2D eigenvalue weighted by Crippen LogP contribution is 2.49. The van der Waals surface area contributed by atoms with Gasteiger partial charge in [0.2, 0.25) is 0 Å². The molecule has 4 aromatic rings. The van der Waals surface area contributed by atoms with Crippen LogP contribution in [0.15, 0.2) is 52.3 Å². The lowest BCUT2D eigenvalue weighted by Gasteiger charge is -2.15. The molecule has 0 radical (unpaired) electrons. The first kappa shape index (κ1) is 16.1. The van der Waals surface area contributed by atoms with Crippen LogP contribution in [0.1, 0.15) is 30.4 Å². The van der Waals surface area contributed by atoms with E-state index in [9.17, 15) is 14.7 Å². The summed E-state index contributed by atoms with van der Waals surface area (Å²) in [7, 11) is 0. The molecule has 1 saturated carbocycles. The molecule has 1 aliphatic heterocycles. The molecule has 1 N–H and O–H groups in total. The Kier molecular flexibility index (Phi) is 3.21. The summed E-state index contributed by atoms with van der Waals surface area (Å²) < 4.78 is 1.48. The topological polar surface area (TPSA) is 72.2 Å². The standard InChI is InChI=1S/C22H16N2O3S/c25-20-19-15(9-14-13-4-2-1-3-11(13)7-8-16(14)23-19)18(12-5-6-12)21-24(20)17(10-28-21)22(26)27/h1-4,7-9,12,17H,5-6,10H2,(H,26,27)/t17-/m0/s1. The molecule has 0 unspecified atom stereocenters. The highest BCUT2D eigenvalue weighted by molar-refractivity contribution is 7.99. The molecule has 3 heterocycles. The van der Waals surface area contributed by atoms with Crippen molar-refractivity contribution < 1.29 is 9.90 Å². The lowest BCUT2D eigenvalue weighted by molar-refractivity contribution is -0.140. The van der Waals surface area contributed by atoms with Gasteiger partial charge in [0.25, 0.3) is 5.56 Å². The van der Waals surface area contributed by atoms with Crippen LogP contribution in [0.4, 0.5) is 0 Å². The molecular formula is C22H16N2O3S. The quantitative estimate of drug-likeness (QED) is 0.409. The molecule has 6 rings (SSSR count). The molecule has 138 valence electrons. The molecule has 1 fully saturated rings. The molecule has 2 aromatic carbocycles. The fraction of sp³-hybridized carbons (Fsp3) is 0.227. The zero-order valence-corrected chi connectivity index (χ0v) is 15.7. The van der Waals surface area contributed by atoms with Crippen molar-refractivity contribution in [1.82, 2.24) is 9.55 Å². The summed E-state index contributed by atoms with van der Waals surface area (Å²) in [4.78, 5) is 29.7. The van der Waals surface area contributed by atoms with Crippen LogP contribution >= 0.6 is 11.8 Å². The number of fused-ring (bicyclic) bond motifs is 5. The summed E-state index contributed by atoms with van der Waals surface area (Å²) in [6, 6.07) is 13.4. The lowest BCUT2D eigenvalue weighted by atomic mass is 10.0. The predicted octanol–water partition coefficient (Wildman–Crippen LogP) is 4.31. The summed E-state index contributed by atoms with van der Waals surface area (Å²) in [5.74, 6) is -0.178. The molecule has 0 amide bonds. The van der Waals surface area contributed by atoms with Crippen LogP contribution < -0.4 is 5.56 Å². The number of hydrogen-bond acceptors (Lipinski definition) is 4. The third-order valence-electron chi connectivity index (χ3n) is 5.84. The van der Waals surface area contributed by atoms with Gasteiger partial charge in [0, 0.05) is 16.5 Å². The largest absolute Gasteiger partial charge is 0.480 e. The number of aliphatic carboxylic acids is 1. The van der Waals surface area contributed by atoms with Gasteiger partial charge in [0.15, 0.2) is 0 Å². The van der Waals surface area contributed by atoms with Crippen molar-refractivity contribution in [1.29, 1.82) is 0 Å². The second-order valence-electron chi connectivity index (χ2n) is 7.57. The van der Waals surface area contributed by atoms with Crippen molar-refractivity contribution in [3.8, 4) is 0 Å². The smallest absolute Gasteiger partial charge is 0.327 e. The molecule has 28 heavy (non-hydrogen) atoms. The Hall–Kier alpha value is -2.86. The number of carboxylic acids is 1. The van der Waals surface area contributed by atoms with Gasteiger partial charge in [-0.25, -0.2) is 9.78 Å². The van der Waals surface area contributed by atoms with Crippen LogP contribution in [0.5, 0.6) is 0 Å². The Morgan fingerprint density at radius 3 is 2.71 bits per heavy atom. The Morgan fingerprint density at radius 2 is 1.93 bits per heavy atom. The van der Waals surface area contributed by atoms with E-state index >= 15 is 0 Å². The number of pyridine rings is 2. The fourth-order valence-corrected chi connectivity index (χ4v) is 5.75. The monoisotopic (exact) mass is 388 g/mol. The predicted molar refractivity (Wildman–Crippen MR) is 110 cm³/mol. The van der Waals surface area contributed by atoms with Gasteiger partial charge in [0.1, 0.15) is 11.6 Å². The van der Waals surface area contributed by atoms with E-state index in [1.807, 2.05) is 24.3 Å². The number of benzene rings is 2. The number of hydrogen-bond donors (Lipinski definition) is 1. The van der Waals surface area contributed by atoms with Crippen LogP contribution in [-0.2, 0) is 4.79 Å². The van der Waals surface area contributed by atoms with Gasteiger partial charge in [0.05, 0.1) is 10.5 Å². The number of carbonyl (C=O) groups is 1. The van der Waals surface area contributed by atoms with E-state index in [2.05, 4.69) is 18.2 Å². The molecule has 5 nitrogen and oxygen atoms in total. The number of carboxylic acid groups (broad SMARTS) is 1. The molecule has 2 aromatic heterocycles. The van der Waals surface area contributed by atoms with Crippen molar-refractivity contribution in [2.75, 3.05) is 5.75 Å². The molecule has 2 aliphatic rings. The average Bonchev–Trinajstić information content (AvgIpc) is 3.44. The molecule has 0 saturated heterocycles. The summed E-state index contributed by atoms with van der Waals surface area (Å²) in [6.45, 7) is 0. The minimum Gasteiger partial charge on any atom is -0.480 e. The van der Waals surface area contributed by atoms with Gasteiger partial charge in [-0.2, -0.15) is 0 Å². The van der Waals surface area contributed by atoms with E-state index in [1.165, 1.54) is 16.3 Å². The molecule has 0 spiro atoms. The van der Waals surface area contributed by atoms with Crippen LogP contribution in [0, 0.1) is 0 Å². The summed E-state index contributed by atoms with van der Waals surface area (Å²) in [5, 5.41) is 14.6. The number of aromatic nitrogens is 2. The van der Waals surface area contributed by atoms with Crippen LogP contribution in [0.25, 0.3) is 32.6 Å². The normalized spacial score (nSPS) is 18.8. The van der Waals surface area contributed by atoms with Crippen molar-refractivity contribution in [3.63, 3.8) is 0 Å². The van der Waals surface area contributed by atoms with Crippen LogP contribution in [0.2, 0.25) is 0 Å². The van der Waals surface area contributed by atoms with E-state index in [1.54, 1.807) is 0 Å². The highest BCUT2D eigenvalue weighted by atomic mass is 32.2. The molecule has 1 aliphatic carbocycles. The average molecular weight is 388 g/mol. The van der Waals surface area contributed by atoms with Crippen molar-refractivity contribution in [2.24, 2.45) is 0 Å². The zero-order valence-electron chi connectivity index (χ0n) is 14.9. The summed E-state index contributed by atoms with van der Waals surface area (Å²) in [6.07, 6.45) is 2.15. The summed E-state index contributed by atoms with van der Waals surface area (Å²) in [5.41, 5.74) is 1.98. The van der Waals surface area contributed by atoms with Crippen LogP contribution in [-0.4, -0.2) is 26.4 Å². The Labute approximate surface area is 164 Å². The maximum atomic E-state index is 13.3. The van der Waals surface area contributed by atoms with Crippen LogP contribution in [0.3, 0.4) is 0 Å². The van der Waals surface area contributed by atoms with E-state index < -0.39 is 12.0 Å². The number of thioether (sulfide) groups is 1. The first-order valence-electron chi connectivity index (χ1n) is 9.39. The third kappa shape index (κ3) is 2.12. The third-order valence-corrected chi connectivity index (χ3v) is 7.02. The SMILES string of the molecule is O=C(O)[C@@H]1CSc2c(C3CC3)c3cc4c(ccc5ccccc54)nc3c(=O)n21. The van der Waals surface area contributed by atoms with E-state index in [4.69, 9.17) is 4.98 Å². The molecular weight excluding hydrogens is 372 g/mol. The van der Waals surface area contributed by atoms with Gasteiger partial charge >= 0.3 is 5.97 Å². The Balaban J connectivity index is 1.79. The van der Waals surface area contributed by atoms with Gasteiger partial charge in [-0.1, -0.05) is 30.3 Å². The fourth-order valence-electron chi connectivity index (χ4n) is 4.36. The zero-order chi connectivity index (χ0) is 19.0. The minimum absolute atomic E-state index is 0.290. The first-order valence-corrected chi connectivity index (χ1v) is 10.4. The van der Waals surface area contributed by atoms with E-state index in [0.29, 0.717) is 17.2 Å². The second-order valence-corrected chi connectivity index (χ2v) is 8.58. The first-order chi connectivity index (χ1) is 13.6. The van der Waals surface area contributed by atoms with Crippen molar-refractivity contribution in [3.05, 3.63) is 58.4 Å². The molecule has 1 atom stereocenters. The Bertz CT molecular complexity index is 1390. The minimum atomic E-state index is -0.957. The molecule has 0 bridgehead atoms. The summed E-state index contributed by atoms with van der Waals surface area (Å²) >= 11 is 1.49. The maximum absolute atomic E-state index is 13.3. The van der Waals surface area contributed by atoms with Gasteiger partial charge < -0.3 is 5.11 Å². The number of nitrogens with zero attached hydrogens (tertiary/aromatic N) is 2.